The Bertz CT molecular complexity index is 1220. The molecule has 164 valence electrons. The largest absolute Gasteiger partial charge is 0.495 e. The molecular weight excluding hydrogens is 437 g/mol. The van der Waals surface area contributed by atoms with Crippen molar-refractivity contribution in [1.82, 2.24) is 4.90 Å². The normalized spacial score (nSPS) is 30.7. The van der Waals surface area contributed by atoms with E-state index >= 15 is 0 Å². The summed E-state index contributed by atoms with van der Waals surface area (Å²) in [5, 5.41) is 3.18. The van der Waals surface area contributed by atoms with Gasteiger partial charge in [-0.05, 0) is 55.8 Å². The first-order valence-electron chi connectivity index (χ1n) is 10.5. The van der Waals surface area contributed by atoms with Crippen LogP contribution in [-0.2, 0) is 19.9 Å². The van der Waals surface area contributed by atoms with E-state index in [1.54, 1.807) is 12.1 Å². The number of carbonyl (C=O) groups excluding carboxylic acids is 3. The van der Waals surface area contributed by atoms with Crippen LogP contribution in [-0.4, -0.2) is 42.3 Å². The van der Waals surface area contributed by atoms with Gasteiger partial charge < -0.3 is 10.1 Å². The fourth-order valence-electron chi connectivity index (χ4n) is 6.25. The zero-order chi connectivity index (χ0) is 22.4. The summed E-state index contributed by atoms with van der Waals surface area (Å²) in [5.41, 5.74) is -0.275. The number of hydrogen-bond acceptors (Lipinski definition) is 5. The zero-order valence-electron chi connectivity index (χ0n) is 17.1. The van der Waals surface area contributed by atoms with Crippen molar-refractivity contribution < 1.29 is 23.5 Å². The average Bonchev–Trinajstić information content (AvgIpc) is 3.46. The van der Waals surface area contributed by atoms with Crippen LogP contribution < -0.4 is 15.0 Å². The van der Waals surface area contributed by atoms with Gasteiger partial charge in [-0.15, -0.1) is 0 Å². The summed E-state index contributed by atoms with van der Waals surface area (Å²) < 4.78 is 19.7. The minimum absolute atomic E-state index is 0.252. The summed E-state index contributed by atoms with van der Waals surface area (Å²) in [6.07, 6.45) is 1.47. The van der Waals surface area contributed by atoms with Crippen molar-refractivity contribution in [3.63, 3.8) is 0 Å². The lowest BCUT2D eigenvalue weighted by atomic mass is 9.75. The van der Waals surface area contributed by atoms with Gasteiger partial charge >= 0.3 is 0 Å². The van der Waals surface area contributed by atoms with E-state index in [2.05, 4.69) is 5.32 Å². The van der Waals surface area contributed by atoms with Gasteiger partial charge in [0.2, 0.25) is 17.7 Å². The molecule has 4 aliphatic heterocycles. The van der Waals surface area contributed by atoms with Crippen molar-refractivity contribution in [1.29, 1.82) is 0 Å². The molecule has 1 spiro atoms. The Kier molecular flexibility index (Phi) is 4.02. The van der Waals surface area contributed by atoms with Crippen LogP contribution in [0.4, 0.5) is 15.8 Å². The predicted octanol–water partition coefficient (Wildman–Crippen LogP) is 2.92. The third-order valence-corrected chi connectivity index (χ3v) is 7.57. The van der Waals surface area contributed by atoms with E-state index in [-0.39, 0.29) is 17.6 Å². The molecule has 2 aromatic rings. The minimum Gasteiger partial charge on any atom is -0.495 e. The van der Waals surface area contributed by atoms with Gasteiger partial charge in [0.25, 0.3) is 0 Å². The molecule has 4 atom stereocenters. The van der Waals surface area contributed by atoms with Crippen LogP contribution in [0, 0.1) is 17.7 Å². The summed E-state index contributed by atoms with van der Waals surface area (Å²) in [5.74, 6) is -3.12. The number of benzene rings is 2. The van der Waals surface area contributed by atoms with Gasteiger partial charge in [0.1, 0.15) is 17.1 Å². The maximum absolute atomic E-state index is 14.3. The van der Waals surface area contributed by atoms with Crippen LogP contribution in [0.25, 0.3) is 0 Å². The Balaban J connectivity index is 1.57. The third-order valence-electron chi connectivity index (χ3n) is 7.34. The summed E-state index contributed by atoms with van der Waals surface area (Å²) in [6.45, 7) is 0.558. The monoisotopic (exact) mass is 455 g/mol. The van der Waals surface area contributed by atoms with Crippen LogP contribution in [0.1, 0.15) is 18.4 Å². The number of hydrogen-bond donors (Lipinski definition) is 1. The first-order valence-corrected chi connectivity index (χ1v) is 10.9. The maximum Gasteiger partial charge on any atom is 0.250 e. The molecule has 7 nitrogen and oxygen atoms in total. The van der Waals surface area contributed by atoms with E-state index < -0.39 is 35.0 Å². The quantitative estimate of drug-likeness (QED) is 0.704. The molecule has 0 saturated carbocycles. The Hall–Kier alpha value is -2.97. The lowest BCUT2D eigenvalue weighted by molar-refractivity contribution is -0.135. The molecule has 0 aliphatic carbocycles. The number of carbonyl (C=O) groups is 3. The maximum atomic E-state index is 14.3. The number of nitrogens with zero attached hydrogens (tertiary/aromatic N) is 2. The van der Waals surface area contributed by atoms with Gasteiger partial charge in [0.05, 0.1) is 24.6 Å². The highest BCUT2D eigenvalue weighted by Crippen LogP contribution is 2.61. The fourth-order valence-corrected chi connectivity index (χ4v) is 6.42. The molecule has 2 aromatic carbocycles. The van der Waals surface area contributed by atoms with Gasteiger partial charge in [0, 0.05) is 22.3 Å². The second-order valence-corrected chi connectivity index (χ2v) is 9.08. The van der Waals surface area contributed by atoms with Crippen LogP contribution in [0.3, 0.4) is 0 Å². The molecule has 32 heavy (non-hydrogen) atoms. The van der Waals surface area contributed by atoms with E-state index in [1.165, 1.54) is 31.4 Å². The number of methoxy groups -OCH3 is 1. The van der Waals surface area contributed by atoms with Crippen molar-refractivity contribution in [2.45, 2.75) is 24.4 Å². The van der Waals surface area contributed by atoms with Gasteiger partial charge in [-0.3, -0.25) is 19.3 Å². The second kappa shape index (κ2) is 6.52. The molecule has 3 amide bonds. The lowest BCUT2D eigenvalue weighted by Gasteiger charge is -2.36. The number of amides is 3. The Morgan fingerprint density at radius 2 is 1.97 bits per heavy atom. The van der Waals surface area contributed by atoms with Crippen molar-refractivity contribution in [2.24, 2.45) is 11.8 Å². The third kappa shape index (κ3) is 2.21. The van der Waals surface area contributed by atoms with E-state index in [9.17, 15) is 18.8 Å². The van der Waals surface area contributed by atoms with Crippen molar-refractivity contribution in [3.8, 4) is 5.75 Å². The molecule has 6 rings (SSSR count). The smallest absolute Gasteiger partial charge is 0.250 e. The van der Waals surface area contributed by atoms with Gasteiger partial charge in [-0.2, -0.15) is 0 Å². The van der Waals surface area contributed by atoms with Gasteiger partial charge in [-0.25, -0.2) is 9.29 Å². The molecule has 0 radical (unpaired) electrons. The van der Waals surface area contributed by atoms with E-state index in [0.29, 0.717) is 35.0 Å². The number of halogens is 2. The first kappa shape index (κ1) is 19.7. The Morgan fingerprint density at radius 3 is 2.75 bits per heavy atom. The lowest BCUT2D eigenvalue weighted by Crippen LogP contribution is -2.54. The summed E-state index contributed by atoms with van der Waals surface area (Å²) in [6, 6.07) is 8.53. The van der Waals surface area contributed by atoms with Crippen molar-refractivity contribution in [2.75, 3.05) is 23.9 Å². The van der Waals surface area contributed by atoms with Gasteiger partial charge in [-0.1, -0.05) is 11.6 Å². The van der Waals surface area contributed by atoms with Crippen LogP contribution in [0.15, 0.2) is 36.4 Å². The molecule has 0 aromatic heterocycles. The molecule has 1 N–H and O–H groups in total. The fraction of sp³-hybridized carbons (Fsp3) is 0.348. The Labute approximate surface area is 188 Å². The van der Waals surface area contributed by atoms with Crippen LogP contribution >= 0.6 is 11.6 Å². The number of fused-ring (bicyclic) bond motifs is 7. The molecule has 3 fully saturated rings. The molecule has 9 heteroatoms. The molecule has 4 heterocycles. The summed E-state index contributed by atoms with van der Waals surface area (Å²) >= 11 is 6.17. The highest BCUT2D eigenvalue weighted by Gasteiger charge is 2.74. The van der Waals surface area contributed by atoms with Crippen molar-refractivity contribution in [3.05, 3.63) is 52.8 Å². The molecule has 4 aliphatic rings. The molecule has 3 saturated heterocycles. The van der Waals surface area contributed by atoms with Gasteiger partial charge in [0.15, 0.2) is 0 Å². The van der Waals surface area contributed by atoms with Crippen LogP contribution in [0.2, 0.25) is 5.02 Å². The van der Waals surface area contributed by atoms with E-state index in [4.69, 9.17) is 16.3 Å². The van der Waals surface area contributed by atoms with E-state index in [1.807, 2.05) is 4.90 Å². The molecular formula is C23H19ClFN3O4. The van der Waals surface area contributed by atoms with E-state index in [0.717, 1.165) is 11.3 Å². The second-order valence-electron chi connectivity index (χ2n) is 8.64. The Morgan fingerprint density at radius 1 is 1.16 bits per heavy atom. The number of anilines is 2. The highest BCUT2D eigenvalue weighted by atomic mass is 35.5. The van der Waals surface area contributed by atoms with Crippen LogP contribution in [0.5, 0.6) is 5.75 Å². The predicted molar refractivity (Wildman–Crippen MR) is 114 cm³/mol. The standard InChI is InChI=1S/C23H19ClFN3O4/c1-32-17-7-4-11(24)9-16(17)28-20(29)18-15-3-2-8-27(15)23(19(18)21(28)30)13-10-12(25)5-6-14(13)26-22(23)31/h4-7,9-10,15,18-19H,2-3,8H2,1H3,(H,26,31)/t15-,18+,19+,23-/m0/s1. The number of rotatable bonds is 2. The first-order chi connectivity index (χ1) is 15.4. The summed E-state index contributed by atoms with van der Waals surface area (Å²) in [4.78, 5) is 44.2. The topological polar surface area (TPSA) is 79.0 Å². The van der Waals surface area contributed by atoms with Crippen molar-refractivity contribution >= 4 is 40.7 Å². The average molecular weight is 456 g/mol. The molecule has 0 bridgehead atoms. The number of ether oxygens (including phenoxy) is 1. The number of imide groups is 1. The molecule has 0 unspecified atom stereocenters. The number of nitrogens with one attached hydrogen (secondary N) is 1. The summed E-state index contributed by atoms with van der Waals surface area (Å²) in [7, 11) is 1.45. The minimum atomic E-state index is -1.42. The highest BCUT2D eigenvalue weighted by molar-refractivity contribution is 6.32. The zero-order valence-corrected chi connectivity index (χ0v) is 17.9. The SMILES string of the molecule is COc1ccc(Cl)cc1N1C(=O)[C@@H]2[C@@H]3CCCN3[C@]3(C(=O)Nc4ccc(F)cc43)[C@H]2C1=O.